The molecule has 0 saturated heterocycles. The highest BCUT2D eigenvalue weighted by Gasteiger charge is 2.03. The molecule has 0 bridgehead atoms. The molecule has 0 aromatic heterocycles. The van der Waals surface area contributed by atoms with Crippen LogP contribution in [0.25, 0.3) is 0 Å². The Morgan fingerprint density at radius 1 is 0.962 bits per heavy atom. The van der Waals surface area contributed by atoms with E-state index in [4.69, 9.17) is 14.2 Å². The average molecular weight is 366 g/mol. The van der Waals surface area contributed by atoms with Gasteiger partial charge in [-0.1, -0.05) is 31.5 Å². The zero-order chi connectivity index (χ0) is 18.9. The number of guanidine groups is 1. The lowest BCUT2D eigenvalue weighted by molar-refractivity contribution is 0.0487. The van der Waals surface area contributed by atoms with Crippen molar-refractivity contribution in [3.8, 4) is 5.75 Å². The fourth-order valence-corrected chi connectivity index (χ4v) is 2.25. The van der Waals surface area contributed by atoms with Crippen LogP contribution in [0.4, 0.5) is 0 Å². The molecular weight excluding hydrogens is 330 g/mol. The fraction of sp³-hybridized carbons (Fsp3) is 0.650. The Bertz CT molecular complexity index is 495. The second kappa shape index (κ2) is 15.5. The SMILES string of the molecule is CCCCOCCOCCNC(=NCc1ccccc1OCC)NCC. The molecule has 0 radical (unpaired) electrons. The smallest absolute Gasteiger partial charge is 0.191 e. The first-order valence-corrected chi connectivity index (χ1v) is 9.70. The van der Waals surface area contributed by atoms with Crippen LogP contribution in [0.3, 0.4) is 0 Å². The van der Waals surface area contributed by atoms with Gasteiger partial charge >= 0.3 is 0 Å². The Kier molecular flexibility index (Phi) is 13.2. The summed E-state index contributed by atoms with van der Waals surface area (Å²) >= 11 is 0. The lowest BCUT2D eigenvalue weighted by atomic mass is 10.2. The first-order chi connectivity index (χ1) is 12.8. The molecule has 6 heteroatoms. The maximum absolute atomic E-state index is 5.65. The molecule has 0 aliphatic rings. The second-order valence-electron chi connectivity index (χ2n) is 5.74. The fourth-order valence-electron chi connectivity index (χ4n) is 2.25. The van der Waals surface area contributed by atoms with E-state index in [9.17, 15) is 0 Å². The Balaban J connectivity index is 2.31. The Hall–Kier alpha value is -1.79. The van der Waals surface area contributed by atoms with Crippen LogP contribution in [0.1, 0.15) is 39.2 Å². The van der Waals surface area contributed by atoms with Gasteiger partial charge in [0.2, 0.25) is 0 Å². The van der Waals surface area contributed by atoms with Crippen LogP contribution in [0.5, 0.6) is 5.75 Å². The highest BCUT2D eigenvalue weighted by molar-refractivity contribution is 5.79. The van der Waals surface area contributed by atoms with Crippen LogP contribution in [-0.4, -0.2) is 52.1 Å². The zero-order valence-electron chi connectivity index (χ0n) is 16.6. The minimum Gasteiger partial charge on any atom is -0.494 e. The number of nitrogens with one attached hydrogen (secondary N) is 2. The summed E-state index contributed by atoms with van der Waals surface area (Å²) in [5, 5.41) is 6.53. The number of hydrogen-bond donors (Lipinski definition) is 2. The highest BCUT2D eigenvalue weighted by Crippen LogP contribution is 2.18. The molecule has 0 amide bonds. The summed E-state index contributed by atoms with van der Waals surface area (Å²) in [5.41, 5.74) is 1.08. The summed E-state index contributed by atoms with van der Waals surface area (Å²) in [6, 6.07) is 8.00. The Morgan fingerprint density at radius 3 is 2.46 bits per heavy atom. The van der Waals surface area contributed by atoms with Crippen molar-refractivity contribution in [2.24, 2.45) is 4.99 Å². The first kappa shape index (κ1) is 22.3. The first-order valence-electron chi connectivity index (χ1n) is 9.70. The lowest BCUT2D eigenvalue weighted by Gasteiger charge is -2.13. The molecule has 1 rings (SSSR count). The third kappa shape index (κ3) is 10.3. The summed E-state index contributed by atoms with van der Waals surface area (Å²) in [7, 11) is 0. The summed E-state index contributed by atoms with van der Waals surface area (Å²) in [6.45, 7) is 11.6. The predicted octanol–water partition coefficient (Wildman–Crippen LogP) is 2.97. The van der Waals surface area contributed by atoms with E-state index < -0.39 is 0 Å². The summed E-state index contributed by atoms with van der Waals surface area (Å²) in [6.07, 6.45) is 2.27. The largest absolute Gasteiger partial charge is 0.494 e. The van der Waals surface area contributed by atoms with Gasteiger partial charge in [0, 0.05) is 25.3 Å². The molecule has 0 atom stereocenters. The molecule has 0 spiro atoms. The van der Waals surface area contributed by atoms with E-state index in [1.165, 1.54) is 0 Å². The van der Waals surface area contributed by atoms with Crippen LogP contribution in [0, 0.1) is 0 Å². The molecule has 0 heterocycles. The Morgan fingerprint density at radius 2 is 1.73 bits per heavy atom. The van der Waals surface area contributed by atoms with Gasteiger partial charge < -0.3 is 24.8 Å². The van der Waals surface area contributed by atoms with Crippen LogP contribution in [-0.2, 0) is 16.0 Å². The third-order valence-corrected chi connectivity index (χ3v) is 3.58. The third-order valence-electron chi connectivity index (χ3n) is 3.58. The zero-order valence-corrected chi connectivity index (χ0v) is 16.6. The number of hydrogen-bond acceptors (Lipinski definition) is 4. The molecule has 1 aromatic carbocycles. The molecular formula is C20H35N3O3. The normalized spacial score (nSPS) is 11.4. The van der Waals surface area contributed by atoms with Crippen molar-refractivity contribution in [1.29, 1.82) is 0 Å². The van der Waals surface area contributed by atoms with E-state index in [-0.39, 0.29) is 0 Å². The monoisotopic (exact) mass is 365 g/mol. The lowest BCUT2D eigenvalue weighted by Crippen LogP contribution is -2.39. The number of ether oxygens (including phenoxy) is 3. The summed E-state index contributed by atoms with van der Waals surface area (Å²) in [4.78, 5) is 4.63. The highest BCUT2D eigenvalue weighted by atomic mass is 16.5. The van der Waals surface area contributed by atoms with E-state index in [1.54, 1.807) is 0 Å². The Labute approximate surface area is 158 Å². The molecule has 1 aromatic rings. The van der Waals surface area contributed by atoms with Gasteiger partial charge in [0.15, 0.2) is 5.96 Å². The summed E-state index contributed by atoms with van der Waals surface area (Å²) < 4.78 is 16.7. The molecule has 0 aliphatic heterocycles. The van der Waals surface area contributed by atoms with Gasteiger partial charge in [-0.25, -0.2) is 4.99 Å². The number of para-hydroxylation sites is 1. The van der Waals surface area contributed by atoms with Crippen LogP contribution in [0.15, 0.2) is 29.3 Å². The van der Waals surface area contributed by atoms with Crippen LogP contribution in [0.2, 0.25) is 0 Å². The van der Waals surface area contributed by atoms with Crippen molar-refractivity contribution in [1.82, 2.24) is 10.6 Å². The quantitative estimate of drug-likeness (QED) is 0.301. The second-order valence-corrected chi connectivity index (χ2v) is 5.74. The van der Waals surface area contributed by atoms with Crippen molar-refractivity contribution in [2.75, 3.05) is 46.1 Å². The molecule has 0 fully saturated rings. The number of aliphatic imine (C=N–C) groups is 1. The molecule has 0 saturated carbocycles. The van der Waals surface area contributed by atoms with E-state index >= 15 is 0 Å². The van der Waals surface area contributed by atoms with Gasteiger partial charge in [0.25, 0.3) is 0 Å². The van der Waals surface area contributed by atoms with Gasteiger partial charge in [0.1, 0.15) is 5.75 Å². The maximum Gasteiger partial charge on any atom is 0.191 e. The van der Waals surface area contributed by atoms with Gasteiger partial charge in [-0.3, -0.25) is 0 Å². The van der Waals surface area contributed by atoms with Gasteiger partial charge in [0.05, 0.1) is 33.0 Å². The van der Waals surface area contributed by atoms with E-state index in [0.717, 1.165) is 43.3 Å². The van der Waals surface area contributed by atoms with Gasteiger partial charge in [-0.15, -0.1) is 0 Å². The molecule has 26 heavy (non-hydrogen) atoms. The van der Waals surface area contributed by atoms with Crippen LogP contribution < -0.4 is 15.4 Å². The van der Waals surface area contributed by atoms with E-state index in [1.807, 2.05) is 31.2 Å². The van der Waals surface area contributed by atoms with Crippen molar-refractivity contribution in [3.05, 3.63) is 29.8 Å². The van der Waals surface area contributed by atoms with E-state index in [2.05, 4.69) is 29.5 Å². The van der Waals surface area contributed by atoms with Gasteiger partial charge in [-0.05, 0) is 26.3 Å². The number of unbranched alkanes of at least 4 members (excludes halogenated alkanes) is 1. The minimum atomic E-state index is 0.567. The number of benzene rings is 1. The topological polar surface area (TPSA) is 64.1 Å². The molecule has 0 aliphatic carbocycles. The standard InChI is InChI=1S/C20H35N3O3/c1-4-7-13-24-15-16-25-14-12-22-20(21-5-2)23-17-18-10-8-9-11-19(18)26-6-3/h8-11H,4-7,12-17H2,1-3H3,(H2,21,22,23). The molecule has 0 unspecified atom stereocenters. The molecule has 6 nitrogen and oxygen atoms in total. The minimum absolute atomic E-state index is 0.567. The summed E-state index contributed by atoms with van der Waals surface area (Å²) in [5.74, 6) is 1.67. The molecule has 148 valence electrons. The van der Waals surface area contributed by atoms with Gasteiger partial charge in [-0.2, -0.15) is 0 Å². The van der Waals surface area contributed by atoms with Crippen molar-refractivity contribution >= 4 is 5.96 Å². The van der Waals surface area contributed by atoms with Crippen molar-refractivity contribution in [3.63, 3.8) is 0 Å². The van der Waals surface area contributed by atoms with Crippen molar-refractivity contribution in [2.45, 2.75) is 40.2 Å². The van der Waals surface area contributed by atoms with Crippen LogP contribution >= 0.6 is 0 Å². The number of nitrogens with zero attached hydrogens (tertiary/aromatic N) is 1. The average Bonchev–Trinajstić information content (AvgIpc) is 2.66. The number of rotatable bonds is 14. The van der Waals surface area contributed by atoms with E-state index in [0.29, 0.717) is 39.5 Å². The van der Waals surface area contributed by atoms with Crippen molar-refractivity contribution < 1.29 is 14.2 Å². The molecule has 2 N–H and O–H groups in total. The predicted molar refractivity (Wildman–Crippen MR) is 107 cm³/mol. The maximum atomic E-state index is 5.65.